The van der Waals surface area contributed by atoms with Crippen LogP contribution in [0.4, 0.5) is 5.82 Å². The van der Waals surface area contributed by atoms with Gasteiger partial charge in [-0.15, -0.1) is 0 Å². The molecule has 0 amide bonds. The molecule has 8 heteroatoms. The molecular weight excluding hydrogens is 288 g/mol. The Morgan fingerprint density at radius 1 is 1.36 bits per heavy atom. The van der Waals surface area contributed by atoms with Gasteiger partial charge in [-0.3, -0.25) is 0 Å². The van der Waals surface area contributed by atoms with E-state index in [0.29, 0.717) is 24.8 Å². The fourth-order valence-electron chi connectivity index (χ4n) is 2.43. The number of carboxylic acid groups (broad SMARTS) is 1. The van der Waals surface area contributed by atoms with Crippen molar-refractivity contribution in [3.63, 3.8) is 0 Å². The Kier molecular flexibility index (Phi) is 3.53. The number of rotatable bonds is 3. The number of anilines is 1. The van der Waals surface area contributed by atoms with Gasteiger partial charge in [-0.25, -0.2) is 9.78 Å². The summed E-state index contributed by atoms with van der Waals surface area (Å²) < 4.78 is 5.08. The highest BCUT2D eigenvalue weighted by molar-refractivity contribution is 5.77. The molecular formula is C14H16N4O4. The maximum Gasteiger partial charge on any atom is 0.335 e. The molecule has 8 nitrogen and oxygen atoms in total. The number of hydrogen-bond acceptors (Lipinski definition) is 7. The van der Waals surface area contributed by atoms with E-state index >= 15 is 0 Å². The molecule has 3 heterocycles. The minimum absolute atomic E-state index is 0.175. The topological polar surface area (TPSA) is 113 Å². The molecule has 2 N–H and O–H groups in total. The number of hydrogen-bond donors (Lipinski definition) is 2. The van der Waals surface area contributed by atoms with Crippen LogP contribution in [0.15, 0.2) is 22.9 Å². The fourth-order valence-corrected chi connectivity index (χ4v) is 2.43. The van der Waals surface area contributed by atoms with Crippen LogP contribution in [0.1, 0.15) is 18.7 Å². The van der Waals surface area contributed by atoms with Crippen molar-refractivity contribution < 1.29 is 19.5 Å². The molecule has 0 spiro atoms. The van der Waals surface area contributed by atoms with Crippen molar-refractivity contribution in [2.24, 2.45) is 0 Å². The summed E-state index contributed by atoms with van der Waals surface area (Å²) in [7, 11) is 0. The number of nitrogens with zero attached hydrogens (tertiary/aromatic N) is 4. The molecule has 22 heavy (non-hydrogen) atoms. The highest BCUT2D eigenvalue weighted by Crippen LogP contribution is 2.26. The van der Waals surface area contributed by atoms with Crippen molar-refractivity contribution in [3.05, 3.63) is 24.2 Å². The Hall–Kier alpha value is -2.48. The smallest absolute Gasteiger partial charge is 0.335 e. The van der Waals surface area contributed by atoms with E-state index in [4.69, 9.17) is 9.63 Å². The molecule has 0 aliphatic carbocycles. The summed E-state index contributed by atoms with van der Waals surface area (Å²) >= 11 is 0. The average Bonchev–Trinajstić information content (AvgIpc) is 2.95. The Labute approximate surface area is 126 Å². The standard InChI is InChI=1S/C14H16N4O4/c1-9-16-12(22-17-9)10-2-3-11(15-8-10)18-6-4-14(21,5-7-18)13(19)20/h2-3,8,21H,4-7H2,1H3,(H,19,20). The van der Waals surface area contributed by atoms with E-state index in [-0.39, 0.29) is 12.8 Å². The van der Waals surface area contributed by atoms with E-state index in [1.807, 2.05) is 17.0 Å². The van der Waals surface area contributed by atoms with Gasteiger partial charge in [-0.05, 0) is 19.1 Å². The molecule has 3 rings (SSSR count). The molecule has 0 atom stereocenters. The molecule has 2 aromatic rings. The second kappa shape index (κ2) is 5.38. The number of pyridine rings is 1. The lowest BCUT2D eigenvalue weighted by molar-refractivity contribution is -0.160. The molecule has 1 aliphatic heterocycles. The third-order valence-electron chi connectivity index (χ3n) is 3.84. The summed E-state index contributed by atoms with van der Waals surface area (Å²) in [5.41, 5.74) is -0.902. The molecule has 0 unspecified atom stereocenters. The maximum atomic E-state index is 11.0. The van der Waals surface area contributed by atoms with Crippen molar-refractivity contribution in [1.29, 1.82) is 0 Å². The number of aliphatic carboxylic acids is 1. The van der Waals surface area contributed by atoms with Crippen molar-refractivity contribution in [3.8, 4) is 11.5 Å². The van der Waals surface area contributed by atoms with Crippen molar-refractivity contribution >= 4 is 11.8 Å². The van der Waals surface area contributed by atoms with Crippen LogP contribution in [0.5, 0.6) is 0 Å². The number of aliphatic hydroxyl groups is 1. The van der Waals surface area contributed by atoms with E-state index in [9.17, 15) is 9.90 Å². The predicted octanol–water partition coefficient (Wildman–Crippen LogP) is 0.856. The molecule has 1 fully saturated rings. The summed E-state index contributed by atoms with van der Waals surface area (Å²) in [5.74, 6) is 0.535. The van der Waals surface area contributed by atoms with Gasteiger partial charge in [0.15, 0.2) is 11.4 Å². The average molecular weight is 304 g/mol. The summed E-state index contributed by atoms with van der Waals surface area (Å²) in [6.07, 6.45) is 1.99. The second-order valence-electron chi connectivity index (χ2n) is 5.38. The zero-order chi connectivity index (χ0) is 15.7. The van der Waals surface area contributed by atoms with Crippen LogP contribution in [-0.2, 0) is 4.79 Å². The SMILES string of the molecule is Cc1noc(-c2ccc(N3CCC(O)(C(=O)O)CC3)nc2)n1. The Balaban J connectivity index is 1.71. The van der Waals surface area contributed by atoms with Crippen molar-refractivity contribution in [1.82, 2.24) is 15.1 Å². The van der Waals surface area contributed by atoms with Gasteiger partial charge < -0.3 is 19.6 Å². The highest BCUT2D eigenvalue weighted by atomic mass is 16.5. The van der Waals surface area contributed by atoms with Gasteiger partial charge in [0.1, 0.15) is 5.82 Å². The van der Waals surface area contributed by atoms with E-state index in [0.717, 1.165) is 11.4 Å². The summed E-state index contributed by atoms with van der Waals surface area (Å²) in [6.45, 7) is 2.62. The molecule has 2 aromatic heterocycles. The van der Waals surface area contributed by atoms with Crippen LogP contribution < -0.4 is 4.90 Å². The summed E-state index contributed by atoms with van der Waals surface area (Å²) in [6, 6.07) is 3.65. The summed E-state index contributed by atoms with van der Waals surface area (Å²) in [4.78, 5) is 21.4. The number of aryl methyl sites for hydroxylation is 1. The maximum absolute atomic E-state index is 11.0. The second-order valence-corrected chi connectivity index (χ2v) is 5.38. The zero-order valence-corrected chi connectivity index (χ0v) is 12.1. The molecule has 0 saturated carbocycles. The number of carboxylic acids is 1. The lowest BCUT2D eigenvalue weighted by atomic mass is 9.92. The zero-order valence-electron chi connectivity index (χ0n) is 12.1. The van der Waals surface area contributed by atoms with Crippen LogP contribution in [0.3, 0.4) is 0 Å². The molecule has 1 aliphatic rings. The lowest BCUT2D eigenvalue weighted by Gasteiger charge is -2.35. The largest absolute Gasteiger partial charge is 0.479 e. The first-order valence-electron chi connectivity index (χ1n) is 6.95. The van der Waals surface area contributed by atoms with E-state index in [2.05, 4.69) is 15.1 Å². The number of aromatic nitrogens is 3. The molecule has 1 saturated heterocycles. The molecule has 0 radical (unpaired) electrons. The molecule has 0 aromatic carbocycles. The monoisotopic (exact) mass is 304 g/mol. The summed E-state index contributed by atoms with van der Waals surface area (Å²) in [5, 5.41) is 22.7. The fraction of sp³-hybridized carbons (Fsp3) is 0.429. The van der Waals surface area contributed by atoms with Gasteiger partial charge in [0, 0.05) is 32.1 Å². The van der Waals surface area contributed by atoms with Crippen LogP contribution in [0, 0.1) is 6.92 Å². The minimum Gasteiger partial charge on any atom is -0.479 e. The van der Waals surface area contributed by atoms with Gasteiger partial charge in [0.05, 0.1) is 5.56 Å². The van der Waals surface area contributed by atoms with Gasteiger partial charge in [0.2, 0.25) is 0 Å². The molecule has 116 valence electrons. The normalized spacial score (nSPS) is 17.5. The first-order chi connectivity index (χ1) is 10.5. The first-order valence-corrected chi connectivity index (χ1v) is 6.95. The van der Waals surface area contributed by atoms with Gasteiger partial charge in [0.25, 0.3) is 5.89 Å². The Bertz CT molecular complexity index is 674. The number of piperidine rings is 1. The van der Waals surface area contributed by atoms with Crippen molar-refractivity contribution in [2.75, 3.05) is 18.0 Å². The third kappa shape index (κ3) is 2.64. The third-order valence-corrected chi connectivity index (χ3v) is 3.84. The molecule has 0 bridgehead atoms. The van der Waals surface area contributed by atoms with E-state index < -0.39 is 11.6 Å². The van der Waals surface area contributed by atoms with E-state index in [1.54, 1.807) is 13.1 Å². The van der Waals surface area contributed by atoms with Gasteiger partial charge >= 0.3 is 5.97 Å². The van der Waals surface area contributed by atoms with Crippen LogP contribution in [0.25, 0.3) is 11.5 Å². The van der Waals surface area contributed by atoms with Crippen LogP contribution in [0.2, 0.25) is 0 Å². The predicted molar refractivity (Wildman–Crippen MR) is 76.3 cm³/mol. The quantitative estimate of drug-likeness (QED) is 0.858. The Morgan fingerprint density at radius 2 is 2.09 bits per heavy atom. The Morgan fingerprint density at radius 3 is 2.59 bits per heavy atom. The lowest BCUT2D eigenvalue weighted by Crippen LogP contribution is -2.49. The highest BCUT2D eigenvalue weighted by Gasteiger charge is 2.39. The minimum atomic E-state index is -1.63. The van der Waals surface area contributed by atoms with Gasteiger partial charge in [-0.2, -0.15) is 4.98 Å². The van der Waals surface area contributed by atoms with Crippen molar-refractivity contribution in [2.45, 2.75) is 25.4 Å². The van der Waals surface area contributed by atoms with Crippen LogP contribution in [-0.4, -0.2) is 50.0 Å². The number of carbonyl (C=O) groups is 1. The van der Waals surface area contributed by atoms with Gasteiger partial charge in [-0.1, -0.05) is 5.16 Å². The van der Waals surface area contributed by atoms with E-state index in [1.165, 1.54) is 0 Å². The van der Waals surface area contributed by atoms with Crippen LogP contribution >= 0.6 is 0 Å². The first kappa shape index (κ1) is 14.5.